The third-order valence-electron chi connectivity index (χ3n) is 0.514. The molecule has 0 aromatic rings. The van der Waals surface area contributed by atoms with Crippen LogP contribution < -0.4 is 24.0 Å². The minimum absolute atomic E-state index is 0. The number of hydrogen-bond donors (Lipinski definition) is 0. The highest BCUT2D eigenvalue weighted by Crippen LogP contribution is 1.80. The van der Waals surface area contributed by atoms with Gasteiger partial charge in [0, 0.05) is 6.08 Å². The van der Waals surface area contributed by atoms with Crippen molar-refractivity contribution in [2.75, 3.05) is 0 Å². The highest BCUT2D eigenvalue weighted by atomic mass is 127. The van der Waals surface area contributed by atoms with E-state index in [0.29, 0.717) is 0 Å². The quantitative estimate of drug-likeness (QED) is 0.319. The molecule has 0 aliphatic carbocycles. The first-order valence-corrected chi connectivity index (χ1v) is 1.76. The van der Waals surface area contributed by atoms with E-state index in [1.807, 2.05) is 0 Å². The Hall–Kier alpha value is -0.210. The number of aliphatic imine (C=N–C) groups is 1. The van der Waals surface area contributed by atoms with E-state index in [0.717, 1.165) is 0 Å². The van der Waals surface area contributed by atoms with Gasteiger partial charge in [0.25, 0.3) is 0 Å². The molecular weight excluding hydrogens is 201 g/mol. The van der Waals surface area contributed by atoms with Crippen LogP contribution in [-0.4, -0.2) is 6.21 Å². The number of nitrogens with zero attached hydrogens (tertiary/aromatic N) is 1. The second-order valence-electron chi connectivity index (χ2n) is 0.947. The molecule has 1 aliphatic rings. The van der Waals surface area contributed by atoms with Gasteiger partial charge in [0.15, 0.2) is 0 Å². The maximum absolute atomic E-state index is 3.75. The van der Waals surface area contributed by atoms with Gasteiger partial charge in [-0.2, -0.15) is 0 Å². The Morgan fingerprint density at radius 2 is 2.29 bits per heavy atom. The molecule has 1 aliphatic heterocycles. The van der Waals surface area contributed by atoms with E-state index in [2.05, 4.69) is 11.1 Å². The molecule has 0 unspecified atom stereocenters. The van der Waals surface area contributed by atoms with Crippen LogP contribution >= 0.6 is 0 Å². The lowest BCUT2D eigenvalue weighted by molar-refractivity contribution is -0.00000119. The monoisotopic (exact) mass is 205 g/mol. The molecular formula is C5H4IN. The van der Waals surface area contributed by atoms with E-state index in [-0.39, 0.29) is 24.0 Å². The van der Waals surface area contributed by atoms with Gasteiger partial charge in [-0.25, -0.2) is 0 Å². The molecule has 0 bridgehead atoms. The fourth-order valence-corrected chi connectivity index (χ4v) is 0.277. The van der Waals surface area contributed by atoms with Gasteiger partial charge in [0.05, 0.1) is 0 Å². The lowest BCUT2D eigenvalue weighted by Gasteiger charge is -1.64. The van der Waals surface area contributed by atoms with Crippen LogP contribution in [0.3, 0.4) is 0 Å². The van der Waals surface area contributed by atoms with E-state index in [9.17, 15) is 0 Å². The smallest absolute Gasteiger partial charge is 0.141 e. The first-order valence-electron chi connectivity index (χ1n) is 1.76. The average Bonchev–Trinajstić information content (AvgIpc) is 1.72. The normalized spacial score (nSPS) is 12.6. The van der Waals surface area contributed by atoms with E-state index < -0.39 is 0 Å². The lowest BCUT2D eigenvalue weighted by atomic mass is 10.4. The van der Waals surface area contributed by atoms with Crippen molar-refractivity contribution < 1.29 is 24.0 Å². The van der Waals surface area contributed by atoms with Crippen LogP contribution in [0.2, 0.25) is 0 Å². The Balaban J connectivity index is 0.000000360. The highest BCUT2D eigenvalue weighted by molar-refractivity contribution is 5.72. The zero-order valence-corrected chi connectivity index (χ0v) is 5.79. The molecule has 1 heterocycles. The predicted molar refractivity (Wildman–Crippen MR) is 25.4 cm³/mol. The van der Waals surface area contributed by atoms with Crippen molar-refractivity contribution in [2.45, 2.75) is 0 Å². The highest BCUT2D eigenvalue weighted by Gasteiger charge is 1.79. The van der Waals surface area contributed by atoms with Crippen molar-refractivity contribution in [1.29, 1.82) is 0 Å². The van der Waals surface area contributed by atoms with Crippen LogP contribution in [0.1, 0.15) is 0 Å². The van der Waals surface area contributed by atoms with Crippen LogP contribution in [0.25, 0.3) is 0 Å². The van der Waals surface area contributed by atoms with E-state index in [1.54, 1.807) is 24.6 Å². The van der Waals surface area contributed by atoms with Crippen LogP contribution in [0.4, 0.5) is 0 Å². The summed E-state index contributed by atoms with van der Waals surface area (Å²) in [6, 6.07) is 0. The molecule has 0 spiro atoms. The van der Waals surface area contributed by atoms with Crippen LogP contribution in [0, 0.1) is 6.08 Å². The van der Waals surface area contributed by atoms with Gasteiger partial charge < -0.3 is 24.0 Å². The summed E-state index contributed by atoms with van der Waals surface area (Å²) in [5.74, 6) is 0. The SMILES string of the molecule is [C+]1=CC=NC=C1.[I-]. The molecule has 0 amide bonds. The molecule has 0 fully saturated rings. The summed E-state index contributed by atoms with van der Waals surface area (Å²) < 4.78 is 0. The summed E-state index contributed by atoms with van der Waals surface area (Å²) in [5.41, 5.74) is 0. The second kappa shape index (κ2) is 3.96. The van der Waals surface area contributed by atoms with Gasteiger partial charge >= 0.3 is 0 Å². The topological polar surface area (TPSA) is 12.4 Å². The van der Waals surface area contributed by atoms with Crippen molar-refractivity contribution in [2.24, 2.45) is 4.99 Å². The van der Waals surface area contributed by atoms with Gasteiger partial charge in [-0.1, -0.05) is 0 Å². The molecule has 1 rings (SSSR count). The Morgan fingerprint density at radius 3 is 2.43 bits per heavy atom. The molecule has 0 aromatic heterocycles. The Kier molecular flexibility index (Phi) is 3.84. The summed E-state index contributed by atoms with van der Waals surface area (Å²) in [7, 11) is 0. The zero-order valence-electron chi connectivity index (χ0n) is 3.63. The second-order valence-corrected chi connectivity index (χ2v) is 0.947. The Labute approximate surface area is 59.9 Å². The molecule has 0 atom stereocenters. The summed E-state index contributed by atoms with van der Waals surface area (Å²) in [4.78, 5) is 3.75. The van der Waals surface area contributed by atoms with Crippen molar-refractivity contribution in [3.05, 3.63) is 24.4 Å². The fourth-order valence-electron chi connectivity index (χ4n) is 0.277. The largest absolute Gasteiger partial charge is 1.00 e. The van der Waals surface area contributed by atoms with Crippen molar-refractivity contribution in [3.8, 4) is 0 Å². The summed E-state index contributed by atoms with van der Waals surface area (Å²) in [6.07, 6.45) is 9.75. The molecule has 0 N–H and O–H groups in total. The van der Waals surface area contributed by atoms with Gasteiger partial charge in [0.1, 0.15) is 24.6 Å². The third kappa shape index (κ3) is 2.48. The van der Waals surface area contributed by atoms with E-state index in [1.165, 1.54) is 0 Å². The van der Waals surface area contributed by atoms with E-state index in [4.69, 9.17) is 0 Å². The first kappa shape index (κ1) is 6.79. The minimum Gasteiger partial charge on any atom is -1.00 e. The van der Waals surface area contributed by atoms with Crippen LogP contribution in [0.15, 0.2) is 23.3 Å². The number of allylic oxidation sites excluding steroid dienone is 3. The van der Waals surface area contributed by atoms with Gasteiger partial charge in [-0.3, -0.25) is 0 Å². The molecule has 2 heteroatoms. The number of hydrogen-bond acceptors (Lipinski definition) is 1. The number of halogens is 1. The zero-order chi connectivity index (χ0) is 4.24. The Bertz CT molecular complexity index is 77.5. The van der Waals surface area contributed by atoms with Crippen molar-refractivity contribution >= 4 is 6.21 Å². The van der Waals surface area contributed by atoms with Crippen molar-refractivity contribution in [3.63, 3.8) is 0 Å². The Morgan fingerprint density at radius 1 is 1.43 bits per heavy atom. The first-order chi connectivity index (χ1) is 3.00. The summed E-state index contributed by atoms with van der Waals surface area (Å²) in [5, 5.41) is 0. The fraction of sp³-hybridized carbons (Fsp3) is 0. The molecule has 0 radical (unpaired) electrons. The van der Waals surface area contributed by atoms with Crippen molar-refractivity contribution in [1.82, 2.24) is 0 Å². The lowest BCUT2D eigenvalue weighted by Crippen LogP contribution is -3.00. The number of rotatable bonds is 0. The van der Waals surface area contributed by atoms with Crippen LogP contribution in [-0.2, 0) is 0 Å². The average molecular weight is 205 g/mol. The summed E-state index contributed by atoms with van der Waals surface area (Å²) in [6.45, 7) is 0. The maximum Gasteiger partial charge on any atom is 0.141 e. The molecule has 1 nitrogen and oxygen atoms in total. The minimum atomic E-state index is 0. The third-order valence-corrected chi connectivity index (χ3v) is 0.514. The van der Waals surface area contributed by atoms with Gasteiger partial charge in [0.2, 0.25) is 0 Å². The molecule has 0 saturated carbocycles. The summed E-state index contributed by atoms with van der Waals surface area (Å²) >= 11 is 0. The van der Waals surface area contributed by atoms with Gasteiger partial charge in [-0.05, 0) is 0 Å². The maximum atomic E-state index is 3.75. The standard InChI is InChI=1S/C5H4N.HI/c1-2-4-6-5-3-1;/h2-5H;1H/q+1;/p-1. The molecule has 0 aromatic carbocycles. The molecule has 0 saturated heterocycles. The van der Waals surface area contributed by atoms with Crippen LogP contribution in [0.5, 0.6) is 0 Å². The molecule has 36 valence electrons. The van der Waals surface area contributed by atoms with Gasteiger partial charge in [-0.15, -0.1) is 4.99 Å². The molecule has 7 heavy (non-hydrogen) atoms. The van der Waals surface area contributed by atoms with E-state index >= 15 is 0 Å². The predicted octanol–water partition coefficient (Wildman–Crippen LogP) is -2.05.